The van der Waals surface area contributed by atoms with E-state index in [2.05, 4.69) is 19.1 Å². The van der Waals surface area contributed by atoms with Crippen LogP contribution in [0.3, 0.4) is 0 Å². The Hall–Kier alpha value is -0.760. The molecule has 1 nitrogen and oxygen atoms in total. The van der Waals surface area contributed by atoms with Crippen LogP contribution in [0, 0.1) is 13.8 Å². The Bertz CT molecular complexity index is 369. The molecule has 0 radical (unpaired) electrons. The summed E-state index contributed by atoms with van der Waals surface area (Å²) in [5.41, 5.74) is 4.59. The van der Waals surface area contributed by atoms with Crippen molar-refractivity contribution in [3.63, 3.8) is 0 Å². The van der Waals surface area contributed by atoms with Gasteiger partial charge in [-0.1, -0.05) is 17.7 Å². The molecule has 0 saturated carbocycles. The van der Waals surface area contributed by atoms with Crippen molar-refractivity contribution in [3.05, 3.63) is 34.4 Å². The second-order valence-electron chi connectivity index (χ2n) is 3.53. The largest absolute Gasteiger partial charge is 0.293 e. The maximum atomic E-state index is 11.6. The normalized spacial score (nSPS) is 15.7. The highest BCUT2D eigenvalue weighted by molar-refractivity contribution is 7.99. The summed E-state index contributed by atoms with van der Waals surface area (Å²) in [4.78, 5) is 11.6. The second kappa shape index (κ2) is 3.18. The molecule has 0 aromatic heterocycles. The topological polar surface area (TPSA) is 17.1 Å². The van der Waals surface area contributed by atoms with Gasteiger partial charge in [-0.2, -0.15) is 0 Å². The maximum Gasteiger partial charge on any atom is 0.173 e. The first-order valence-electron chi connectivity index (χ1n) is 4.39. The number of fused-ring (bicyclic) bond motifs is 1. The number of Topliss-reactive ketones (excluding diaryl/α,β-unsaturated/α-hetero) is 1. The lowest BCUT2D eigenvalue weighted by molar-refractivity contribution is 0.102. The van der Waals surface area contributed by atoms with E-state index < -0.39 is 0 Å². The van der Waals surface area contributed by atoms with E-state index >= 15 is 0 Å². The molecule has 0 fully saturated rings. The van der Waals surface area contributed by atoms with Crippen LogP contribution in [0.5, 0.6) is 0 Å². The molecule has 1 heterocycles. The van der Waals surface area contributed by atoms with Crippen LogP contribution in [-0.2, 0) is 5.75 Å². The van der Waals surface area contributed by atoms with Gasteiger partial charge in [-0.3, -0.25) is 4.79 Å². The molecule has 1 aromatic carbocycles. The molecule has 2 heteroatoms. The molecule has 2 rings (SSSR count). The minimum absolute atomic E-state index is 0.295. The first kappa shape index (κ1) is 8.82. The predicted molar refractivity (Wildman–Crippen MR) is 56.4 cm³/mol. The number of benzene rings is 1. The van der Waals surface area contributed by atoms with Crippen molar-refractivity contribution in [2.75, 3.05) is 5.75 Å². The monoisotopic (exact) mass is 192 g/mol. The van der Waals surface area contributed by atoms with E-state index in [0.717, 1.165) is 16.9 Å². The Morgan fingerprint density at radius 3 is 2.77 bits per heavy atom. The third kappa shape index (κ3) is 1.51. The standard InChI is InChI=1S/C11H12OS/c1-7-3-8(2)11-9(4-7)5-13-6-10(11)12/h3-4H,5-6H2,1-2H3. The molecule has 0 N–H and O–H groups in total. The van der Waals surface area contributed by atoms with Crippen molar-refractivity contribution in [2.45, 2.75) is 19.6 Å². The average molecular weight is 192 g/mol. The summed E-state index contributed by atoms with van der Waals surface area (Å²) in [6.45, 7) is 4.11. The zero-order chi connectivity index (χ0) is 9.42. The van der Waals surface area contributed by atoms with E-state index in [1.54, 1.807) is 11.8 Å². The summed E-state index contributed by atoms with van der Waals surface area (Å²) in [7, 11) is 0. The number of thioether (sulfide) groups is 1. The molecule has 68 valence electrons. The number of hydrogen-bond donors (Lipinski definition) is 0. The fourth-order valence-corrected chi connectivity index (χ4v) is 2.77. The number of ketones is 1. The number of carbonyl (C=O) groups excluding carboxylic acids is 1. The van der Waals surface area contributed by atoms with Crippen molar-refractivity contribution in [2.24, 2.45) is 0 Å². The number of rotatable bonds is 0. The maximum absolute atomic E-state index is 11.6. The summed E-state index contributed by atoms with van der Waals surface area (Å²) in [6.07, 6.45) is 0. The second-order valence-corrected chi connectivity index (χ2v) is 4.52. The molecule has 1 aliphatic rings. The smallest absolute Gasteiger partial charge is 0.173 e. The lowest BCUT2D eigenvalue weighted by Gasteiger charge is -2.17. The molecular formula is C11H12OS. The van der Waals surface area contributed by atoms with Gasteiger partial charge in [0.1, 0.15) is 0 Å². The van der Waals surface area contributed by atoms with Crippen LogP contribution in [0.25, 0.3) is 0 Å². The molecular weight excluding hydrogens is 180 g/mol. The summed E-state index contributed by atoms with van der Waals surface area (Å²) < 4.78 is 0. The molecule has 1 aromatic rings. The summed E-state index contributed by atoms with van der Waals surface area (Å²) in [5.74, 6) is 1.93. The molecule has 1 aliphatic heterocycles. The predicted octanol–water partition coefficient (Wildman–Crippen LogP) is 2.73. The van der Waals surface area contributed by atoms with Crippen LogP contribution in [0.2, 0.25) is 0 Å². The Balaban J connectivity index is 2.63. The van der Waals surface area contributed by atoms with E-state index in [0.29, 0.717) is 11.5 Å². The summed E-state index contributed by atoms with van der Waals surface area (Å²) in [5, 5.41) is 0. The van der Waals surface area contributed by atoms with Crippen LogP contribution in [-0.4, -0.2) is 11.5 Å². The van der Waals surface area contributed by atoms with Gasteiger partial charge >= 0.3 is 0 Å². The van der Waals surface area contributed by atoms with Gasteiger partial charge in [-0.05, 0) is 25.0 Å². The van der Waals surface area contributed by atoms with Crippen LogP contribution in [0.4, 0.5) is 0 Å². The van der Waals surface area contributed by atoms with Crippen molar-refractivity contribution in [1.82, 2.24) is 0 Å². The molecule has 0 aliphatic carbocycles. The van der Waals surface area contributed by atoms with Gasteiger partial charge in [0.2, 0.25) is 0 Å². The van der Waals surface area contributed by atoms with E-state index in [4.69, 9.17) is 0 Å². The number of aryl methyl sites for hydroxylation is 2. The zero-order valence-electron chi connectivity index (χ0n) is 7.89. The molecule has 0 amide bonds. The molecule has 0 saturated heterocycles. The van der Waals surface area contributed by atoms with Gasteiger partial charge in [-0.15, -0.1) is 11.8 Å². The SMILES string of the molecule is Cc1cc(C)c2c(c1)CSCC2=O. The molecule has 0 spiro atoms. The Morgan fingerprint density at radius 1 is 1.23 bits per heavy atom. The van der Waals surface area contributed by atoms with Gasteiger partial charge in [0.25, 0.3) is 0 Å². The van der Waals surface area contributed by atoms with Gasteiger partial charge in [-0.25, -0.2) is 0 Å². The van der Waals surface area contributed by atoms with Gasteiger partial charge < -0.3 is 0 Å². The first-order chi connectivity index (χ1) is 6.18. The molecule has 0 bridgehead atoms. The molecule has 0 unspecified atom stereocenters. The van der Waals surface area contributed by atoms with Crippen LogP contribution in [0.15, 0.2) is 12.1 Å². The third-order valence-electron chi connectivity index (χ3n) is 2.33. The first-order valence-corrected chi connectivity index (χ1v) is 5.55. The van der Waals surface area contributed by atoms with E-state index in [-0.39, 0.29) is 0 Å². The van der Waals surface area contributed by atoms with E-state index in [9.17, 15) is 4.79 Å². The van der Waals surface area contributed by atoms with Crippen molar-refractivity contribution < 1.29 is 4.79 Å². The quantitative estimate of drug-likeness (QED) is 0.628. The van der Waals surface area contributed by atoms with Crippen molar-refractivity contribution in [1.29, 1.82) is 0 Å². The third-order valence-corrected chi connectivity index (χ3v) is 3.31. The highest BCUT2D eigenvalue weighted by Gasteiger charge is 2.19. The Kier molecular flexibility index (Phi) is 2.16. The molecule has 13 heavy (non-hydrogen) atoms. The van der Waals surface area contributed by atoms with Crippen LogP contribution >= 0.6 is 11.8 Å². The lowest BCUT2D eigenvalue weighted by Crippen LogP contribution is -2.13. The van der Waals surface area contributed by atoms with E-state index in [1.807, 2.05) is 6.92 Å². The minimum Gasteiger partial charge on any atom is -0.293 e. The zero-order valence-corrected chi connectivity index (χ0v) is 8.70. The Labute approximate surface area is 82.5 Å². The van der Waals surface area contributed by atoms with Crippen LogP contribution < -0.4 is 0 Å². The fraction of sp³-hybridized carbons (Fsp3) is 0.364. The lowest BCUT2D eigenvalue weighted by atomic mass is 9.97. The Morgan fingerprint density at radius 2 is 2.00 bits per heavy atom. The summed E-state index contributed by atoms with van der Waals surface area (Å²) in [6, 6.07) is 4.22. The van der Waals surface area contributed by atoms with Gasteiger partial charge in [0.05, 0.1) is 5.75 Å². The average Bonchev–Trinajstić information content (AvgIpc) is 2.02. The summed E-state index contributed by atoms with van der Waals surface area (Å²) >= 11 is 1.71. The number of hydrogen-bond acceptors (Lipinski definition) is 2. The highest BCUT2D eigenvalue weighted by Crippen LogP contribution is 2.27. The number of carbonyl (C=O) groups is 1. The van der Waals surface area contributed by atoms with Gasteiger partial charge in [0, 0.05) is 11.3 Å². The van der Waals surface area contributed by atoms with E-state index in [1.165, 1.54) is 11.1 Å². The fourth-order valence-electron chi connectivity index (χ4n) is 1.89. The van der Waals surface area contributed by atoms with Crippen molar-refractivity contribution >= 4 is 17.5 Å². The van der Waals surface area contributed by atoms with Gasteiger partial charge in [0.15, 0.2) is 5.78 Å². The van der Waals surface area contributed by atoms with Crippen molar-refractivity contribution in [3.8, 4) is 0 Å². The highest BCUT2D eigenvalue weighted by atomic mass is 32.2. The van der Waals surface area contributed by atoms with Crippen LogP contribution in [0.1, 0.15) is 27.0 Å². The molecule has 0 atom stereocenters. The minimum atomic E-state index is 0.295.